The predicted octanol–water partition coefficient (Wildman–Crippen LogP) is 4.32. The summed E-state index contributed by atoms with van der Waals surface area (Å²) in [6, 6.07) is 7.23. The van der Waals surface area contributed by atoms with Crippen molar-refractivity contribution in [3.05, 3.63) is 59.9 Å². The van der Waals surface area contributed by atoms with Gasteiger partial charge < -0.3 is 14.8 Å². The Labute approximate surface area is 192 Å². The molecule has 7 nitrogen and oxygen atoms in total. The van der Waals surface area contributed by atoms with Crippen LogP contribution in [-0.4, -0.2) is 41.0 Å². The zero-order valence-corrected chi connectivity index (χ0v) is 20.9. The van der Waals surface area contributed by atoms with E-state index in [4.69, 9.17) is 0 Å². The van der Waals surface area contributed by atoms with Gasteiger partial charge in [0, 0.05) is 18.6 Å². The van der Waals surface area contributed by atoms with Gasteiger partial charge in [-0.25, -0.2) is 18.2 Å². The Morgan fingerprint density at radius 3 is 2.56 bits per heavy atom. The lowest BCUT2D eigenvalue weighted by atomic mass is 10.1. The Morgan fingerprint density at radius 1 is 1.31 bits per heavy atom. The molecule has 0 aliphatic heterocycles. The molecule has 0 atom stereocenters. The van der Waals surface area contributed by atoms with Crippen molar-refractivity contribution in [3.8, 4) is 0 Å². The molecule has 0 bridgehead atoms. The van der Waals surface area contributed by atoms with Crippen LogP contribution in [0.1, 0.15) is 51.4 Å². The second-order valence-electron chi connectivity index (χ2n) is 9.63. The zero-order chi connectivity index (χ0) is 24.1. The molecule has 0 saturated heterocycles. The number of carbonyl (C=O) groups excluding carboxylic acids is 1. The number of sulfone groups is 1. The van der Waals surface area contributed by atoms with Crippen LogP contribution >= 0.6 is 0 Å². The Morgan fingerprint density at radius 2 is 2.00 bits per heavy atom. The summed E-state index contributed by atoms with van der Waals surface area (Å²) in [4.78, 5) is 18.7. The van der Waals surface area contributed by atoms with Crippen molar-refractivity contribution in [2.75, 3.05) is 6.54 Å². The van der Waals surface area contributed by atoms with Gasteiger partial charge in [-0.1, -0.05) is 49.8 Å². The fourth-order valence-electron chi connectivity index (χ4n) is 3.38. The number of carbonyl (C=O) groups is 1. The monoisotopic (exact) mass is 460 g/mol. The molecule has 32 heavy (non-hydrogen) atoms. The molecule has 0 aliphatic rings. The molecule has 0 unspecified atom stereocenters. The number of imidazole rings is 1. The van der Waals surface area contributed by atoms with Crippen molar-refractivity contribution < 1.29 is 13.2 Å². The Kier molecular flexibility index (Phi) is 8.29. The fraction of sp³-hybridized carbons (Fsp3) is 0.500. The van der Waals surface area contributed by atoms with E-state index in [0.29, 0.717) is 18.8 Å². The lowest BCUT2D eigenvalue weighted by Crippen LogP contribution is -2.48. The molecular weight excluding hydrogens is 424 g/mol. The molecule has 0 aliphatic carbocycles. The first-order chi connectivity index (χ1) is 14.8. The van der Waals surface area contributed by atoms with Crippen molar-refractivity contribution in [1.82, 2.24) is 19.8 Å². The van der Waals surface area contributed by atoms with E-state index in [1.165, 1.54) is 0 Å². The average molecular weight is 461 g/mol. The summed E-state index contributed by atoms with van der Waals surface area (Å²) in [7, 11) is -3.67. The van der Waals surface area contributed by atoms with E-state index in [1.54, 1.807) is 21.7 Å². The van der Waals surface area contributed by atoms with Crippen LogP contribution in [0.15, 0.2) is 48.3 Å². The molecule has 0 spiro atoms. The number of aromatic nitrogens is 2. The standard InChI is InChI=1S/C24H36N4O3S/c1-8-12-27(22(29)26-24(5,6)7)16-21-14-25-23(28(21)15-18(2)3)32(30,31)17-20-11-9-10-19(4)13-20/h8-11,13-14,18H,1,12,15-17H2,2-7H3,(H,26,29). The highest BCUT2D eigenvalue weighted by Gasteiger charge is 2.26. The lowest BCUT2D eigenvalue weighted by Gasteiger charge is -2.28. The summed E-state index contributed by atoms with van der Waals surface area (Å²) in [6.07, 6.45) is 3.22. The summed E-state index contributed by atoms with van der Waals surface area (Å²) in [6.45, 7) is 16.5. The van der Waals surface area contributed by atoms with Gasteiger partial charge in [0.1, 0.15) is 0 Å². The van der Waals surface area contributed by atoms with Gasteiger partial charge in [-0.05, 0) is 39.2 Å². The average Bonchev–Trinajstić information content (AvgIpc) is 3.02. The van der Waals surface area contributed by atoms with E-state index in [0.717, 1.165) is 11.1 Å². The number of hydrogen-bond donors (Lipinski definition) is 1. The van der Waals surface area contributed by atoms with Gasteiger partial charge in [0.15, 0.2) is 0 Å². The fourth-order valence-corrected chi connectivity index (χ4v) is 4.87. The summed E-state index contributed by atoms with van der Waals surface area (Å²) in [5.74, 6) is 0.0801. The summed E-state index contributed by atoms with van der Waals surface area (Å²) >= 11 is 0. The maximum absolute atomic E-state index is 13.3. The highest BCUT2D eigenvalue weighted by Crippen LogP contribution is 2.21. The lowest BCUT2D eigenvalue weighted by molar-refractivity contribution is 0.190. The molecule has 1 aromatic heterocycles. The van der Waals surface area contributed by atoms with Gasteiger partial charge in [0.25, 0.3) is 0 Å². The molecule has 2 rings (SSSR count). The van der Waals surface area contributed by atoms with Crippen LogP contribution in [0.3, 0.4) is 0 Å². The minimum Gasteiger partial charge on any atom is -0.333 e. The molecular formula is C24H36N4O3S. The molecule has 0 fully saturated rings. The topological polar surface area (TPSA) is 84.3 Å². The highest BCUT2D eigenvalue weighted by atomic mass is 32.2. The molecule has 0 radical (unpaired) electrons. The number of urea groups is 1. The molecule has 1 heterocycles. The van der Waals surface area contributed by atoms with E-state index in [2.05, 4.69) is 16.9 Å². The van der Waals surface area contributed by atoms with Crippen LogP contribution in [0.4, 0.5) is 4.79 Å². The van der Waals surface area contributed by atoms with Crippen LogP contribution in [0.2, 0.25) is 0 Å². The van der Waals surface area contributed by atoms with E-state index in [1.807, 2.05) is 65.8 Å². The quantitative estimate of drug-likeness (QED) is 0.565. The second-order valence-corrected chi connectivity index (χ2v) is 11.5. The summed E-state index contributed by atoms with van der Waals surface area (Å²) in [5.41, 5.74) is 2.02. The first-order valence-electron chi connectivity index (χ1n) is 10.8. The van der Waals surface area contributed by atoms with Gasteiger partial charge in [-0.15, -0.1) is 6.58 Å². The smallest absolute Gasteiger partial charge is 0.318 e. The molecule has 2 aromatic rings. The maximum Gasteiger partial charge on any atom is 0.318 e. The maximum atomic E-state index is 13.3. The van der Waals surface area contributed by atoms with Crippen molar-refractivity contribution in [2.24, 2.45) is 5.92 Å². The van der Waals surface area contributed by atoms with Gasteiger partial charge in [0.05, 0.1) is 24.2 Å². The Balaban J connectivity index is 2.40. The Hall–Kier alpha value is -2.61. The van der Waals surface area contributed by atoms with E-state index in [9.17, 15) is 13.2 Å². The van der Waals surface area contributed by atoms with Crippen LogP contribution in [0, 0.1) is 12.8 Å². The molecule has 1 N–H and O–H groups in total. The van der Waals surface area contributed by atoms with Crippen LogP contribution < -0.4 is 5.32 Å². The first kappa shape index (κ1) is 25.6. The van der Waals surface area contributed by atoms with E-state index in [-0.39, 0.29) is 29.4 Å². The molecule has 176 valence electrons. The first-order valence-corrected chi connectivity index (χ1v) is 12.5. The number of aryl methyl sites for hydroxylation is 1. The number of nitrogens with one attached hydrogen (secondary N) is 1. The molecule has 2 amide bonds. The van der Waals surface area contributed by atoms with E-state index >= 15 is 0 Å². The van der Waals surface area contributed by atoms with Crippen molar-refractivity contribution >= 4 is 15.9 Å². The highest BCUT2D eigenvalue weighted by molar-refractivity contribution is 7.90. The number of amides is 2. The third-order valence-corrected chi connectivity index (χ3v) is 6.23. The van der Waals surface area contributed by atoms with Crippen LogP contribution in [-0.2, 0) is 28.7 Å². The van der Waals surface area contributed by atoms with E-state index < -0.39 is 15.4 Å². The number of rotatable bonds is 9. The van der Waals surface area contributed by atoms with Crippen LogP contribution in [0.25, 0.3) is 0 Å². The van der Waals surface area contributed by atoms with Gasteiger partial charge in [-0.2, -0.15) is 0 Å². The number of benzene rings is 1. The van der Waals surface area contributed by atoms with Crippen molar-refractivity contribution in [2.45, 2.75) is 71.1 Å². The number of nitrogens with zero attached hydrogens (tertiary/aromatic N) is 3. The van der Waals surface area contributed by atoms with Crippen molar-refractivity contribution in [1.29, 1.82) is 0 Å². The third-order valence-electron chi connectivity index (χ3n) is 4.64. The Bertz CT molecular complexity index is 1050. The summed E-state index contributed by atoms with van der Waals surface area (Å²) in [5, 5.41) is 2.99. The predicted molar refractivity (Wildman–Crippen MR) is 128 cm³/mol. The molecule has 1 aromatic carbocycles. The number of hydrogen-bond acceptors (Lipinski definition) is 4. The van der Waals surface area contributed by atoms with Crippen molar-refractivity contribution in [3.63, 3.8) is 0 Å². The molecule has 0 saturated carbocycles. The second kappa shape index (κ2) is 10.3. The third kappa shape index (κ3) is 7.22. The molecule has 8 heteroatoms. The zero-order valence-electron chi connectivity index (χ0n) is 20.1. The minimum absolute atomic E-state index is 0.0393. The van der Waals surface area contributed by atoms with Gasteiger partial charge in [-0.3, -0.25) is 0 Å². The SMILES string of the molecule is C=CCN(Cc1cnc(S(=O)(=O)Cc2cccc(C)c2)n1CC(C)C)C(=O)NC(C)(C)C. The largest absolute Gasteiger partial charge is 0.333 e. The van der Waals surface area contributed by atoms with Gasteiger partial charge >= 0.3 is 6.03 Å². The normalized spacial score (nSPS) is 12.1. The van der Waals surface area contributed by atoms with Crippen LogP contribution in [0.5, 0.6) is 0 Å². The minimum atomic E-state index is -3.67. The summed E-state index contributed by atoms with van der Waals surface area (Å²) < 4.78 is 28.3. The van der Waals surface area contributed by atoms with Gasteiger partial charge in [0.2, 0.25) is 15.0 Å².